The zero-order valence-corrected chi connectivity index (χ0v) is 80.4. The summed E-state index contributed by atoms with van der Waals surface area (Å²) in [5.74, 6) is -5.73. The van der Waals surface area contributed by atoms with Crippen molar-refractivity contribution in [1.29, 1.82) is 0 Å². The number of nitrogens with one attached hydrogen (secondary N) is 2. The van der Waals surface area contributed by atoms with Gasteiger partial charge in [0, 0.05) is 51.9 Å². The summed E-state index contributed by atoms with van der Waals surface area (Å²) in [4.78, 5) is 41.8. The lowest BCUT2D eigenvalue weighted by Crippen LogP contribution is -2.23. The summed E-state index contributed by atoms with van der Waals surface area (Å²) >= 11 is 0. The van der Waals surface area contributed by atoms with E-state index in [1.165, 1.54) is 179 Å². The Kier molecular flexibility index (Phi) is 92.6. The number of carbonyl (C=O) groups excluding carboxylic acids is 3. The van der Waals surface area contributed by atoms with Crippen LogP contribution in [0.5, 0.6) is 0 Å². The van der Waals surface area contributed by atoms with Crippen molar-refractivity contribution in [3.8, 4) is 0 Å². The van der Waals surface area contributed by atoms with E-state index in [0.717, 1.165) is 231 Å². The van der Waals surface area contributed by atoms with Gasteiger partial charge in [-0.3, -0.25) is 14.4 Å². The topological polar surface area (TPSA) is 137 Å². The maximum atomic E-state index is 13.8. The Labute approximate surface area is 744 Å². The Morgan fingerprint density at radius 1 is 0.306 bits per heavy atom. The van der Waals surface area contributed by atoms with Gasteiger partial charge in [0.2, 0.25) is 11.8 Å². The molecule has 121 heavy (non-hydrogen) atoms. The Hall–Kier alpha value is -3.71. The molecule has 2 N–H and O–H groups in total. The SMILES string of the molecule is CCCCCC(F)(F)/C=C\CNC(=O)CCCCCCCC(CCCCCCCC(=O)NC/C=C\C(F)(F)CCCCC)OCCCCN(C)C.CCCCCC/C=C\COC(CCCCCCCCCC(CCCCCCCCCC(OC/C=C\CCCCCC)OC/C=C\CCCCCC)C(=O)OCCCN(C)C)OC/C=C\CCCCCC. The van der Waals surface area contributed by atoms with Crippen molar-refractivity contribution in [3.05, 3.63) is 72.9 Å². The van der Waals surface area contributed by atoms with E-state index in [1.807, 2.05) is 13.8 Å². The number of carbonyl (C=O) groups is 3. The maximum Gasteiger partial charge on any atom is 0.308 e. The molecular weight excluding hydrogens is 1530 g/mol. The van der Waals surface area contributed by atoms with Crippen molar-refractivity contribution >= 4 is 17.8 Å². The Morgan fingerprint density at radius 2 is 0.603 bits per heavy atom. The minimum absolute atomic E-state index is 0.0339. The number of amides is 2. The second kappa shape index (κ2) is 93.9. The first-order chi connectivity index (χ1) is 58.9. The molecule has 2 amide bonds. The van der Waals surface area contributed by atoms with Gasteiger partial charge in [0.1, 0.15) is 0 Å². The number of hydrogen-bond acceptors (Lipinski definition) is 11. The average molecular weight is 1720 g/mol. The zero-order valence-electron chi connectivity index (χ0n) is 80.4. The molecule has 0 rings (SSSR count). The Balaban J connectivity index is 0. The van der Waals surface area contributed by atoms with Gasteiger partial charge in [0.25, 0.3) is 11.8 Å². The molecule has 0 aliphatic rings. The fourth-order valence-electron chi connectivity index (χ4n) is 14.6. The third kappa shape index (κ3) is 93.7. The monoisotopic (exact) mass is 1720 g/mol. The molecule has 0 aromatic rings. The highest BCUT2D eigenvalue weighted by atomic mass is 19.3. The molecule has 712 valence electrons. The number of halogens is 4. The third-order valence-corrected chi connectivity index (χ3v) is 22.4. The van der Waals surface area contributed by atoms with Crippen molar-refractivity contribution in [1.82, 2.24) is 20.4 Å². The van der Waals surface area contributed by atoms with Gasteiger partial charge in [-0.1, -0.05) is 333 Å². The van der Waals surface area contributed by atoms with Gasteiger partial charge in [-0.2, -0.15) is 0 Å². The van der Waals surface area contributed by atoms with Crippen LogP contribution in [0.1, 0.15) is 446 Å². The van der Waals surface area contributed by atoms with E-state index in [4.69, 9.17) is 28.4 Å². The molecule has 0 bridgehead atoms. The molecule has 0 radical (unpaired) electrons. The number of rotatable bonds is 93. The van der Waals surface area contributed by atoms with Crippen molar-refractivity contribution in [3.63, 3.8) is 0 Å². The zero-order chi connectivity index (χ0) is 89.0. The van der Waals surface area contributed by atoms with Gasteiger partial charge >= 0.3 is 5.97 Å². The molecule has 0 heterocycles. The first-order valence-corrected chi connectivity index (χ1v) is 50.7. The van der Waals surface area contributed by atoms with Crippen molar-refractivity contribution < 1.29 is 60.4 Å². The number of nitrogens with zero attached hydrogens (tertiary/aromatic N) is 2. The molecular formula is C104H194F4N4O9. The minimum atomic E-state index is -2.81. The number of alkyl halides is 4. The van der Waals surface area contributed by atoms with E-state index < -0.39 is 11.8 Å². The van der Waals surface area contributed by atoms with Crippen LogP contribution in [0.4, 0.5) is 17.6 Å². The van der Waals surface area contributed by atoms with Crippen LogP contribution in [-0.4, -0.2) is 152 Å². The first kappa shape index (κ1) is 119. The predicted octanol–water partition coefficient (Wildman–Crippen LogP) is 29.9. The summed E-state index contributed by atoms with van der Waals surface area (Å²) in [6.45, 7) is 19.1. The summed E-state index contributed by atoms with van der Waals surface area (Å²) in [5.41, 5.74) is 0. The van der Waals surface area contributed by atoms with E-state index in [-0.39, 0.29) is 68.3 Å². The van der Waals surface area contributed by atoms with E-state index in [9.17, 15) is 31.9 Å². The summed E-state index contributed by atoms with van der Waals surface area (Å²) in [6.07, 6.45) is 88.4. The van der Waals surface area contributed by atoms with E-state index in [0.29, 0.717) is 58.7 Å². The number of unbranched alkanes of at least 4 members (excludes halogenated alkanes) is 41. The van der Waals surface area contributed by atoms with Crippen molar-refractivity contribution in [2.75, 3.05) is 94.0 Å². The highest BCUT2D eigenvalue weighted by Crippen LogP contribution is 2.27. The van der Waals surface area contributed by atoms with Crippen LogP contribution in [0.25, 0.3) is 0 Å². The maximum absolute atomic E-state index is 13.8. The lowest BCUT2D eigenvalue weighted by Gasteiger charge is -2.18. The van der Waals surface area contributed by atoms with Gasteiger partial charge in [-0.15, -0.1) is 0 Å². The molecule has 0 fully saturated rings. The first-order valence-electron chi connectivity index (χ1n) is 50.7. The second-order valence-corrected chi connectivity index (χ2v) is 35.1. The van der Waals surface area contributed by atoms with E-state index >= 15 is 0 Å². The van der Waals surface area contributed by atoms with Gasteiger partial charge < -0.3 is 48.9 Å². The number of allylic oxidation sites excluding steroid dienone is 6. The van der Waals surface area contributed by atoms with Gasteiger partial charge in [-0.05, 0) is 195 Å². The second-order valence-electron chi connectivity index (χ2n) is 35.1. The molecule has 0 saturated heterocycles. The number of ether oxygens (including phenoxy) is 6. The smallest absolute Gasteiger partial charge is 0.308 e. The predicted molar refractivity (Wildman–Crippen MR) is 508 cm³/mol. The third-order valence-electron chi connectivity index (χ3n) is 22.4. The lowest BCUT2D eigenvalue weighted by molar-refractivity contribution is -0.149. The fourth-order valence-corrected chi connectivity index (χ4v) is 14.6. The van der Waals surface area contributed by atoms with Gasteiger partial charge in [0.05, 0.1) is 45.1 Å². The van der Waals surface area contributed by atoms with Gasteiger partial charge in [0.15, 0.2) is 12.6 Å². The molecule has 0 unspecified atom stereocenters. The van der Waals surface area contributed by atoms with Gasteiger partial charge in [-0.25, -0.2) is 17.6 Å². The van der Waals surface area contributed by atoms with Crippen LogP contribution in [0.3, 0.4) is 0 Å². The summed E-state index contributed by atoms with van der Waals surface area (Å²) in [5, 5.41) is 5.43. The van der Waals surface area contributed by atoms with Crippen LogP contribution in [0.2, 0.25) is 0 Å². The fraction of sp³-hybridized carbons (Fsp3) is 0.856. The van der Waals surface area contributed by atoms with Crippen LogP contribution >= 0.6 is 0 Å². The molecule has 0 aliphatic heterocycles. The van der Waals surface area contributed by atoms with Crippen LogP contribution in [0.15, 0.2) is 72.9 Å². The molecule has 0 aromatic heterocycles. The quantitative estimate of drug-likeness (QED) is 0.0198. The number of hydrogen-bond donors (Lipinski definition) is 2. The standard InChI is InChI=1S/C63H119NO6.C41H75F4N3O3/c1-7-11-15-19-29-37-45-55-66-61(67-56-46-38-30-20-16-12-8-2)52-43-35-27-23-25-33-41-50-60(63(65)70-59-49-54-64(5)6)51-42-34-26-24-28-36-44-53-62(68-57-47-39-31-21-17-13-9-3)69-58-48-40-32-22-18-14-10-4;1-5-7-19-29-40(42,43)31-23-33-46-38(49)27-17-13-9-11-15-25-37(51-36-22-21-35-48(3)4)26-16-12-10-14-18-28-39(50)47-34-24-32-41(44,45)30-20-8-6-2/h37-40,45-48,60-62H,7-36,41-44,49-59H2,1-6H3;23-24,31-32,37H,5-22,25-30,33-36H2,1-4H3,(H,46,49)(H,47,50)/b45-37-,46-38-,47-39-,48-40-;31-23-,32-24-. The van der Waals surface area contributed by atoms with E-state index in [2.05, 4.69) is 125 Å². The van der Waals surface area contributed by atoms with E-state index in [1.54, 1.807) is 0 Å². The molecule has 0 aliphatic carbocycles. The van der Waals surface area contributed by atoms with Crippen LogP contribution in [-0.2, 0) is 42.8 Å². The average Bonchev–Trinajstić information content (AvgIpc) is 0.949. The van der Waals surface area contributed by atoms with Crippen LogP contribution < -0.4 is 10.6 Å². The van der Waals surface area contributed by atoms with Crippen LogP contribution in [0, 0.1) is 5.92 Å². The largest absolute Gasteiger partial charge is 0.465 e. The summed E-state index contributed by atoms with van der Waals surface area (Å²) in [7, 11) is 8.31. The molecule has 17 heteroatoms. The Bertz CT molecular complexity index is 2190. The molecule has 0 saturated carbocycles. The normalized spacial score (nSPS) is 12.5. The summed E-state index contributed by atoms with van der Waals surface area (Å²) in [6, 6.07) is 0. The minimum Gasteiger partial charge on any atom is -0.465 e. The number of esters is 1. The molecule has 0 spiro atoms. The molecule has 0 aromatic carbocycles. The lowest BCUT2D eigenvalue weighted by atomic mass is 9.94. The summed E-state index contributed by atoms with van der Waals surface area (Å²) < 4.78 is 92.0. The molecule has 13 nitrogen and oxygen atoms in total. The highest BCUT2D eigenvalue weighted by molar-refractivity contribution is 5.76. The van der Waals surface area contributed by atoms with Crippen molar-refractivity contribution in [2.24, 2.45) is 5.92 Å². The Morgan fingerprint density at radius 3 is 0.942 bits per heavy atom. The van der Waals surface area contributed by atoms with Crippen molar-refractivity contribution in [2.45, 2.75) is 477 Å². The highest BCUT2D eigenvalue weighted by Gasteiger charge is 2.25. The molecule has 0 atom stereocenters.